The number of anilines is 2. The van der Waals surface area contributed by atoms with Gasteiger partial charge in [0.2, 0.25) is 5.91 Å². The maximum atomic E-state index is 12.8. The van der Waals surface area contributed by atoms with Crippen LogP contribution in [-0.4, -0.2) is 26.8 Å². The minimum Gasteiger partial charge on any atom is -0.324 e. The molecule has 0 atom stereocenters. The summed E-state index contributed by atoms with van der Waals surface area (Å²) in [6, 6.07) is 10.8. The van der Waals surface area contributed by atoms with Crippen LogP contribution in [0.1, 0.15) is 21.7 Å². The Hall–Kier alpha value is -3.40. The van der Waals surface area contributed by atoms with Crippen LogP contribution in [0.15, 0.2) is 48.5 Å². The summed E-state index contributed by atoms with van der Waals surface area (Å²) in [5.41, 5.74) is -0.266. The van der Waals surface area contributed by atoms with Gasteiger partial charge in [-0.3, -0.25) is 9.59 Å². The van der Waals surface area contributed by atoms with Crippen molar-refractivity contribution in [2.45, 2.75) is 19.6 Å². The smallest absolute Gasteiger partial charge is 0.324 e. The molecule has 30 heavy (non-hydrogen) atoms. The highest BCUT2D eigenvalue weighted by Gasteiger charge is 2.30. The first-order chi connectivity index (χ1) is 14.1. The van der Waals surface area contributed by atoms with Crippen molar-refractivity contribution >= 4 is 34.8 Å². The van der Waals surface area contributed by atoms with Gasteiger partial charge >= 0.3 is 6.18 Å². The molecule has 0 fully saturated rings. The van der Waals surface area contributed by atoms with Crippen molar-refractivity contribution in [2.24, 2.45) is 0 Å². The summed E-state index contributed by atoms with van der Waals surface area (Å²) >= 11 is 5.87. The molecule has 3 rings (SSSR count). The van der Waals surface area contributed by atoms with Gasteiger partial charge in [0.1, 0.15) is 6.54 Å². The summed E-state index contributed by atoms with van der Waals surface area (Å²) in [5.74, 6) is -1.16. The molecule has 2 N–H and O–H groups in total. The number of benzene rings is 2. The van der Waals surface area contributed by atoms with Crippen LogP contribution in [0.3, 0.4) is 0 Å². The molecule has 2 amide bonds. The van der Waals surface area contributed by atoms with Gasteiger partial charge in [0.05, 0.1) is 11.3 Å². The molecular weight excluding hydrogens is 423 g/mol. The molecule has 0 aliphatic carbocycles. The average Bonchev–Trinajstić information content (AvgIpc) is 3.01. The summed E-state index contributed by atoms with van der Waals surface area (Å²) in [6.45, 7) is 1.30. The predicted octanol–water partition coefficient (Wildman–Crippen LogP) is 4.15. The van der Waals surface area contributed by atoms with Crippen LogP contribution < -0.4 is 10.6 Å². The van der Waals surface area contributed by atoms with E-state index < -0.39 is 23.6 Å². The van der Waals surface area contributed by atoms with Crippen LogP contribution >= 0.6 is 11.6 Å². The number of carbonyl (C=O) groups excluding carboxylic acids is 2. The molecule has 11 heteroatoms. The first-order valence-electron chi connectivity index (χ1n) is 8.57. The van der Waals surface area contributed by atoms with E-state index in [1.165, 1.54) is 23.7 Å². The summed E-state index contributed by atoms with van der Waals surface area (Å²) in [6.07, 6.45) is -4.53. The minimum atomic E-state index is -4.53. The van der Waals surface area contributed by atoms with Crippen LogP contribution in [0.2, 0.25) is 5.02 Å². The molecule has 0 saturated carbocycles. The van der Waals surface area contributed by atoms with Crippen LogP contribution in [0, 0.1) is 6.92 Å². The second kappa shape index (κ2) is 8.54. The van der Waals surface area contributed by atoms with Crippen LogP contribution in [0.4, 0.5) is 24.5 Å². The van der Waals surface area contributed by atoms with E-state index in [-0.39, 0.29) is 23.6 Å². The zero-order valence-corrected chi connectivity index (χ0v) is 16.3. The van der Waals surface area contributed by atoms with Crippen molar-refractivity contribution in [2.75, 3.05) is 10.6 Å². The number of nitrogens with one attached hydrogen (secondary N) is 2. The van der Waals surface area contributed by atoms with Crippen molar-refractivity contribution in [3.05, 3.63) is 70.5 Å². The number of aromatic nitrogens is 3. The van der Waals surface area contributed by atoms with E-state index >= 15 is 0 Å². The van der Waals surface area contributed by atoms with Crippen molar-refractivity contribution in [1.82, 2.24) is 15.0 Å². The maximum Gasteiger partial charge on any atom is 0.416 e. The standard InChI is InChI=1S/C19H15ClF3N5O2/c1-11-17(18(30)25-14-6-2-4-12(8-14)19(21,22)23)26-27-28(11)10-16(29)24-15-7-3-5-13(20)9-15/h2-9H,10H2,1H3,(H,24,29)(H,25,30). The second-order valence-electron chi connectivity index (χ2n) is 6.27. The highest BCUT2D eigenvalue weighted by molar-refractivity contribution is 6.30. The van der Waals surface area contributed by atoms with Crippen molar-refractivity contribution in [3.63, 3.8) is 0 Å². The van der Waals surface area contributed by atoms with Gasteiger partial charge in [0, 0.05) is 16.4 Å². The Morgan fingerprint density at radius 3 is 2.40 bits per heavy atom. The summed E-state index contributed by atoms with van der Waals surface area (Å²) in [7, 11) is 0. The molecule has 1 heterocycles. The third-order valence-electron chi connectivity index (χ3n) is 4.05. The lowest BCUT2D eigenvalue weighted by molar-refractivity contribution is -0.137. The number of amides is 2. The molecule has 0 bridgehead atoms. The third-order valence-corrected chi connectivity index (χ3v) is 4.28. The number of halogens is 4. The second-order valence-corrected chi connectivity index (χ2v) is 6.71. The van der Waals surface area contributed by atoms with E-state index in [0.717, 1.165) is 12.1 Å². The minimum absolute atomic E-state index is 0.0394. The molecule has 1 aromatic heterocycles. The number of alkyl halides is 3. The molecule has 0 aliphatic rings. The molecular formula is C19H15ClF3N5O2. The average molecular weight is 438 g/mol. The van der Waals surface area contributed by atoms with E-state index in [1.807, 2.05) is 0 Å². The Kier molecular flexibility index (Phi) is 6.06. The summed E-state index contributed by atoms with van der Waals surface area (Å²) in [5, 5.41) is 13.0. The van der Waals surface area contributed by atoms with Crippen molar-refractivity contribution in [1.29, 1.82) is 0 Å². The lowest BCUT2D eigenvalue weighted by Crippen LogP contribution is -2.21. The summed E-state index contributed by atoms with van der Waals surface area (Å²) < 4.78 is 39.6. The fourth-order valence-electron chi connectivity index (χ4n) is 2.59. The number of hydrogen-bond acceptors (Lipinski definition) is 4. The zero-order valence-electron chi connectivity index (χ0n) is 15.5. The molecule has 0 aliphatic heterocycles. The first-order valence-corrected chi connectivity index (χ1v) is 8.95. The molecule has 156 valence electrons. The molecule has 7 nitrogen and oxygen atoms in total. The maximum absolute atomic E-state index is 12.8. The molecule has 2 aromatic carbocycles. The fraction of sp³-hybridized carbons (Fsp3) is 0.158. The predicted molar refractivity (Wildman–Crippen MR) is 104 cm³/mol. The molecule has 0 saturated heterocycles. The Balaban J connectivity index is 1.68. The van der Waals surface area contributed by atoms with Gasteiger partial charge in [-0.2, -0.15) is 13.2 Å². The fourth-order valence-corrected chi connectivity index (χ4v) is 2.78. The zero-order chi connectivity index (χ0) is 21.9. The number of nitrogens with zero attached hydrogens (tertiary/aromatic N) is 3. The summed E-state index contributed by atoms with van der Waals surface area (Å²) in [4.78, 5) is 24.6. The van der Waals surface area contributed by atoms with Gasteiger partial charge in [-0.1, -0.05) is 28.9 Å². The van der Waals surface area contributed by atoms with Gasteiger partial charge < -0.3 is 10.6 Å². The lowest BCUT2D eigenvalue weighted by atomic mass is 10.2. The van der Waals surface area contributed by atoms with E-state index in [0.29, 0.717) is 10.7 Å². The van der Waals surface area contributed by atoms with Gasteiger partial charge in [-0.05, 0) is 43.3 Å². The van der Waals surface area contributed by atoms with Crippen molar-refractivity contribution in [3.8, 4) is 0 Å². The normalized spacial score (nSPS) is 11.2. The Morgan fingerprint density at radius 1 is 1.07 bits per heavy atom. The Bertz CT molecular complexity index is 1100. The van der Waals surface area contributed by atoms with E-state index in [4.69, 9.17) is 11.6 Å². The largest absolute Gasteiger partial charge is 0.416 e. The highest BCUT2D eigenvalue weighted by atomic mass is 35.5. The van der Waals surface area contributed by atoms with Crippen LogP contribution in [0.5, 0.6) is 0 Å². The molecule has 0 radical (unpaired) electrons. The Morgan fingerprint density at radius 2 is 1.73 bits per heavy atom. The van der Waals surface area contributed by atoms with Crippen molar-refractivity contribution < 1.29 is 22.8 Å². The molecule has 0 spiro atoms. The topological polar surface area (TPSA) is 88.9 Å². The van der Waals surface area contributed by atoms with E-state index in [2.05, 4.69) is 20.9 Å². The van der Waals surface area contributed by atoms with Gasteiger partial charge in [0.25, 0.3) is 5.91 Å². The molecule has 0 unspecified atom stereocenters. The SMILES string of the molecule is Cc1c(C(=O)Nc2cccc(C(F)(F)F)c2)nnn1CC(=O)Nc1cccc(Cl)c1. The quantitative estimate of drug-likeness (QED) is 0.627. The number of carbonyl (C=O) groups is 2. The van der Waals surface area contributed by atoms with Crippen LogP contribution in [-0.2, 0) is 17.5 Å². The molecule has 3 aromatic rings. The Labute approximate surface area is 173 Å². The number of rotatable bonds is 5. The third kappa shape index (κ3) is 5.15. The number of hydrogen-bond donors (Lipinski definition) is 2. The first kappa shape index (κ1) is 21.3. The van der Waals surface area contributed by atoms with E-state index in [9.17, 15) is 22.8 Å². The van der Waals surface area contributed by atoms with Crippen LogP contribution in [0.25, 0.3) is 0 Å². The highest BCUT2D eigenvalue weighted by Crippen LogP contribution is 2.30. The van der Waals surface area contributed by atoms with Gasteiger partial charge in [-0.15, -0.1) is 5.10 Å². The van der Waals surface area contributed by atoms with E-state index in [1.54, 1.807) is 24.3 Å². The van der Waals surface area contributed by atoms with Gasteiger partial charge in [-0.25, -0.2) is 4.68 Å². The monoisotopic (exact) mass is 437 g/mol. The lowest BCUT2D eigenvalue weighted by Gasteiger charge is -2.09. The van der Waals surface area contributed by atoms with Gasteiger partial charge in [0.15, 0.2) is 5.69 Å².